The first kappa shape index (κ1) is 12.2. The van der Waals surface area contributed by atoms with Gasteiger partial charge in [-0.1, -0.05) is 36.4 Å². The molecule has 0 fully saturated rings. The summed E-state index contributed by atoms with van der Waals surface area (Å²) in [4.78, 5) is 10.8. The number of carboxylic acid groups (broad SMARTS) is 1. The van der Waals surface area contributed by atoms with Gasteiger partial charge in [0.15, 0.2) is 0 Å². The summed E-state index contributed by atoms with van der Waals surface area (Å²) in [5.74, 6) is -0.973. The smallest absolute Gasteiger partial charge is 0.328 e. The zero-order valence-corrected chi connectivity index (χ0v) is 10.6. The Balaban J connectivity index is 2.25. The highest BCUT2D eigenvalue weighted by Crippen LogP contribution is 2.27. The van der Waals surface area contributed by atoms with Crippen LogP contribution in [0.5, 0.6) is 0 Å². The fourth-order valence-electron chi connectivity index (χ4n) is 2.15. The number of carboxylic acids is 1. The number of nitrogens with zero attached hydrogens (tertiary/aromatic N) is 2. The molecule has 3 aromatic rings. The Labute approximate surface area is 115 Å². The van der Waals surface area contributed by atoms with E-state index in [9.17, 15) is 4.79 Å². The first-order valence-electron chi connectivity index (χ1n) is 6.19. The fraction of sp³-hybridized carbons (Fsp3) is 0. The molecule has 0 spiro atoms. The summed E-state index contributed by atoms with van der Waals surface area (Å²) in [6.07, 6.45) is 4.57. The largest absolute Gasteiger partial charge is 0.478 e. The highest BCUT2D eigenvalue weighted by molar-refractivity contribution is 5.91. The van der Waals surface area contributed by atoms with Gasteiger partial charge in [0.1, 0.15) is 5.69 Å². The molecule has 2 heterocycles. The molecule has 0 unspecified atom stereocenters. The minimum Gasteiger partial charge on any atom is -0.478 e. The summed E-state index contributed by atoms with van der Waals surface area (Å²) < 4.78 is 1.75. The van der Waals surface area contributed by atoms with Gasteiger partial charge in [-0.3, -0.25) is 0 Å². The van der Waals surface area contributed by atoms with E-state index in [0.717, 1.165) is 28.4 Å². The molecular weight excluding hydrogens is 252 g/mol. The number of hydrogen-bond donors (Lipinski definition) is 1. The lowest BCUT2D eigenvalue weighted by Crippen LogP contribution is -1.86. The third-order valence-corrected chi connectivity index (χ3v) is 3.02. The monoisotopic (exact) mass is 264 g/mol. The topological polar surface area (TPSA) is 54.6 Å². The maximum Gasteiger partial charge on any atom is 0.328 e. The molecule has 98 valence electrons. The summed E-state index contributed by atoms with van der Waals surface area (Å²) in [5, 5.41) is 13.4. The predicted molar refractivity (Wildman–Crippen MR) is 77.3 cm³/mol. The molecule has 0 bridgehead atoms. The normalized spacial score (nSPS) is 11.2. The van der Waals surface area contributed by atoms with Gasteiger partial charge in [-0.05, 0) is 18.2 Å². The van der Waals surface area contributed by atoms with Crippen molar-refractivity contribution in [3.05, 3.63) is 66.4 Å². The predicted octanol–water partition coefficient (Wildman–Crippen LogP) is 3.10. The van der Waals surface area contributed by atoms with Gasteiger partial charge >= 0.3 is 5.97 Å². The third kappa shape index (κ3) is 2.19. The Kier molecular flexibility index (Phi) is 3.05. The minimum absolute atomic E-state index is 0.773. The van der Waals surface area contributed by atoms with Crippen molar-refractivity contribution in [3.8, 4) is 11.3 Å². The zero-order valence-electron chi connectivity index (χ0n) is 10.6. The zero-order chi connectivity index (χ0) is 13.9. The number of rotatable bonds is 3. The first-order chi connectivity index (χ1) is 9.75. The standard InChI is InChI=1S/C16H12N2O2/c19-15(20)10-9-13-14-8-4-5-11-18(14)17-16(13)12-6-2-1-3-7-12/h1-11H,(H,19,20). The van der Waals surface area contributed by atoms with Crippen molar-refractivity contribution in [2.75, 3.05) is 0 Å². The number of hydrogen-bond acceptors (Lipinski definition) is 2. The second-order valence-corrected chi connectivity index (χ2v) is 4.33. The summed E-state index contributed by atoms with van der Waals surface area (Å²) in [7, 11) is 0. The molecule has 0 amide bonds. The number of carbonyl (C=O) groups is 1. The summed E-state index contributed by atoms with van der Waals surface area (Å²) >= 11 is 0. The molecule has 20 heavy (non-hydrogen) atoms. The first-order valence-corrected chi connectivity index (χ1v) is 6.19. The summed E-state index contributed by atoms with van der Waals surface area (Å²) in [5.41, 5.74) is 3.42. The van der Waals surface area contributed by atoms with E-state index in [1.807, 2.05) is 54.7 Å². The lowest BCUT2D eigenvalue weighted by atomic mass is 10.1. The lowest BCUT2D eigenvalue weighted by molar-refractivity contribution is -0.131. The molecule has 1 N–H and O–H groups in total. The van der Waals surface area contributed by atoms with Gasteiger partial charge in [0.05, 0.1) is 5.52 Å². The van der Waals surface area contributed by atoms with Gasteiger partial charge in [-0.2, -0.15) is 5.10 Å². The Morgan fingerprint density at radius 3 is 2.60 bits per heavy atom. The van der Waals surface area contributed by atoms with Crippen molar-refractivity contribution in [3.63, 3.8) is 0 Å². The van der Waals surface area contributed by atoms with E-state index in [4.69, 9.17) is 5.11 Å². The van der Waals surface area contributed by atoms with Crippen molar-refractivity contribution in [2.24, 2.45) is 0 Å². The van der Waals surface area contributed by atoms with Gasteiger partial charge in [-0.15, -0.1) is 0 Å². The van der Waals surface area contributed by atoms with Gasteiger partial charge in [0.25, 0.3) is 0 Å². The van der Waals surface area contributed by atoms with Crippen LogP contribution in [0.2, 0.25) is 0 Å². The second kappa shape index (κ2) is 5.01. The van der Waals surface area contributed by atoms with E-state index < -0.39 is 5.97 Å². The van der Waals surface area contributed by atoms with Crippen molar-refractivity contribution in [1.29, 1.82) is 0 Å². The van der Waals surface area contributed by atoms with Crippen LogP contribution in [0.3, 0.4) is 0 Å². The van der Waals surface area contributed by atoms with Crippen LogP contribution in [0.25, 0.3) is 22.9 Å². The average Bonchev–Trinajstić information content (AvgIpc) is 2.84. The molecule has 1 aromatic carbocycles. The SMILES string of the molecule is O=C(O)C=Cc1c(-c2ccccc2)nn2ccccc12. The van der Waals surface area contributed by atoms with E-state index >= 15 is 0 Å². The molecule has 0 radical (unpaired) electrons. The maximum absolute atomic E-state index is 10.8. The molecule has 0 saturated carbocycles. The van der Waals surface area contributed by atoms with E-state index in [0.29, 0.717) is 0 Å². The van der Waals surface area contributed by atoms with Crippen molar-refractivity contribution in [1.82, 2.24) is 9.61 Å². The van der Waals surface area contributed by atoms with Crippen LogP contribution >= 0.6 is 0 Å². The van der Waals surface area contributed by atoms with Crippen LogP contribution in [0.1, 0.15) is 5.56 Å². The van der Waals surface area contributed by atoms with E-state index in [1.165, 1.54) is 0 Å². The number of pyridine rings is 1. The van der Waals surface area contributed by atoms with Crippen LogP contribution in [0, 0.1) is 0 Å². The van der Waals surface area contributed by atoms with Crippen molar-refractivity contribution in [2.45, 2.75) is 0 Å². The van der Waals surface area contributed by atoms with Crippen LogP contribution in [0.4, 0.5) is 0 Å². The van der Waals surface area contributed by atoms with Gasteiger partial charge < -0.3 is 5.11 Å². The van der Waals surface area contributed by atoms with Gasteiger partial charge in [-0.25, -0.2) is 9.31 Å². The molecule has 0 atom stereocenters. The van der Waals surface area contributed by atoms with E-state index in [1.54, 1.807) is 10.6 Å². The molecule has 0 aliphatic rings. The molecule has 2 aromatic heterocycles. The van der Waals surface area contributed by atoms with Crippen LogP contribution in [-0.2, 0) is 4.79 Å². The van der Waals surface area contributed by atoms with Crippen molar-refractivity contribution >= 4 is 17.6 Å². The minimum atomic E-state index is -0.973. The van der Waals surface area contributed by atoms with Crippen LogP contribution < -0.4 is 0 Å². The average molecular weight is 264 g/mol. The number of benzene rings is 1. The third-order valence-electron chi connectivity index (χ3n) is 3.02. The van der Waals surface area contributed by atoms with Gasteiger partial charge in [0.2, 0.25) is 0 Å². The second-order valence-electron chi connectivity index (χ2n) is 4.33. The Morgan fingerprint density at radius 2 is 1.85 bits per heavy atom. The van der Waals surface area contributed by atoms with E-state index in [-0.39, 0.29) is 0 Å². The Morgan fingerprint density at radius 1 is 1.10 bits per heavy atom. The fourth-order valence-corrected chi connectivity index (χ4v) is 2.15. The Bertz CT molecular complexity index is 789. The molecule has 4 heteroatoms. The quantitative estimate of drug-likeness (QED) is 0.739. The Hall–Kier alpha value is -2.88. The van der Waals surface area contributed by atoms with Gasteiger partial charge in [0, 0.05) is 23.4 Å². The van der Waals surface area contributed by atoms with Crippen LogP contribution in [-0.4, -0.2) is 20.7 Å². The molecular formula is C16H12N2O2. The number of aromatic nitrogens is 2. The molecule has 3 rings (SSSR count). The molecule has 0 saturated heterocycles. The molecule has 4 nitrogen and oxygen atoms in total. The molecule has 0 aliphatic heterocycles. The molecule has 0 aliphatic carbocycles. The number of fused-ring (bicyclic) bond motifs is 1. The summed E-state index contributed by atoms with van der Waals surface area (Å²) in [6, 6.07) is 15.4. The highest BCUT2D eigenvalue weighted by atomic mass is 16.4. The highest BCUT2D eigenvalue weighted by Gasteiger charge is 2.11. The summed E-state index contributed by atoms with van der Waals surface area (Å²) in [6.45, 7) is 0. The maximum atomic E-state index is 10.8. The van der Waals surface area contributed by atoms with Crippen LogP contribution in [0.15, 0.2) is 60.8 Å². The van der Waals surface area contributed by atoms with Crippen molar-refractivity contribution < 1.29 is 9.90 Å². The number of aliphatic carboxylic acids is 1. The van der Waals surface area contributed by atoms with E-state index in [2.05, 4.69) is 5.10 Å². The lowest BCUT2D eigenvalue weighted by Gasteiger charge is -1.97.